The second-order valence-electron chi connectivity index (χ2n) is 2.12. The number of carbonyl (C=O) groups is 1. The van der Waals surface area contributed by atoms with Crippen LogP contribution in [0.15, 0.2) is 12.4 Å². The zero-order valence-electron chi connectivity index (χ0n) is 5.84. The molecule has 4 heteroatoms. The molecule has 0 amide bonds. The molecule has 1 aromatic heterocycles. The van der Waals surface area contributed by atoms with Gasteiger partial charge in [0, 0.05) is 12.4 Å². The highest BCUT2D eigenvalue weighted by atomic mass is 35.5. The summed E-state index contributed by atoms with van der Waals surface area (Å²) < 4.78 is 0. The first-order valence-corrected chi connectivity index (χ1v) is 3.34. The number of hydrogen-bond donors (Lipinski definition) is 1. The van der Waals surface area contributed by atoms with Crippen LogP contribution in [0.2, 0.25) is 5.02 Å². The van der Waals surface area contributed by atoms with Gasteiger partial charge in [-0.15, -0.1) is 0 Å². The fraction of sp³-hybridized carbons (Fsp3) is 0.143. The Bertz CT molecular complexity index is 278. The van der Waals surface area contributed by atoms with E-state index in [2.05, 4.69) is 4.98 Å². The van der Waals surface area contributed by atoms with Crippen molar-refractivity contribution < 1.29 is 9.90 Å². The maximum absolute atomic E-state index is 10.5. The summed E-state index contributed by atoms with van der Waals surface area (Å²) in [5, 5.41) is 8.81. The molecule has 3 nitrogen and oxygen atoms in total. The summed E-state index contributed by atoms with van der Waals surface area (Å²) in [5.41, 5.74) is 0.701. The molecule has 1 rings (SSSR count). The third-order valence-corrected chi connectivity index (χ3v) is 1.59. The van der Waals surface area contributed by atoms with E-state index < -0.39 is 5.97 Å². The van der Waals surface area contributed by atoms with Crippen LogP contribution < -0.4 is 0 Å². The van der Waals surface area contributed by atoms with Crippen LogP contribution in [0.5, 0.6) is 0 Å². The molecule has 1 aromatic rings. The lowest BCUT2D eigenvalue weighted by Gasteiger charge is -1.99. The minimum Gasteiger partial charge on any atom is -0.478 e. The standard InChI is InChI=1S/C7H6ClNO2/c1-4-2-9-3-5(8)6(4)7(10)11/h2-3H,1H3,(H,10,11). The third-order valence-electron chi connectivity index (χ3n) is 1.30. The number of rotatable bonds is 1. The molecule has 0 aliphatic heterocycles. The Morgan fingerprint density at radius 1 is 1.64 bits per heavy atom. The molecule has 0 saturated heterocycles. The van der Waals surface area contributed by atoms with Crippen molar-refractivity contribution in [2.75, 3.05) is 0 Å². The average molecular weight is 172 g/mol. The van der Waals surface area contributed by atoms with Crippen LogP contribution in [0.4, 0.5) is 0 Å². The Balaban J connectivity index is 3.32. The van der Waals surface area contributed by atoms with Crippen molar-refractivity contribution in [3.8, 4) is 0 Å². The highest BCUT2D eigenvalue weighted by Crippen LogP contribution is 2.17. The second-order valence-corrected chi connectivity index (χ2v) is 2.53. The van der Waals surface area contributed by atoms with Crippen LogP contribution in [0.25, 0.3) is 0 Å². The van der Waals surface area contributed by atoms with Crippen molar-refractivity contribution in [3.63, 3.8) is 0 Å². The molecule has 0 fully saturated rings. The van der Waals surface area contributed by atoms with E-state index in [9.17, 15) is 4.79 Å². The third kappa shape index (κ3) is 1.49. The van der Waals surface area contributed by atoms with Gasteiger partial charge in [-0.05, 0) is 12.5 Å². The number of nitrogens with zero attached hydrogens (tertiary/aromatic N) is 1. The summed E-state index contributed by atoms with van der Waals surface area (Å²) >= 11 is 5.58. The zero-order chi connectivity index (χ0) is 8.43. The lowest BCUT2D eigenvalue weighted by atomic mass is 10.2. The smallest absolute Gasteiger partial charge is 0.337 e. The van der Waals surface area contributed by atoms with Gasteiger partial charge in [-0.3, -0.25) is 4.98 Å². The van der Waals surface area contributed by atoms with Crippen LogP contribution in [-0.4, -0.2) is 16.1 Å². The Kier molecular flexibility index (Phi) is 2.10. The van der Waals surface area contributed by atoms with Gasteiger partial charge in [0.2, 0.25) is 0 Å². The Morgan fingerprint density at radius 2 is 2.27 bits per heavy atom. The number of aromatic carboxylic acids is 1. The van der Waals surface area contributed by atoms with Gasteiger partial charge in [0.25, 0.3) is 0 Å². The first-order valence-electron chi connectivity index (χ1n) is 2.96. The molecule has 11 heavy (non-hydrogen) atoms. The molecule has 0 saturated carbocycles. The zero-order valence-corrected chi connectivity index (χ0v) is 6.59. The largest absolute Gasteiger partial charge is 0.478 e. The van der Waals surface area contributed by atoms with Crippen molar-refractivity contribution in [2.45, 2.75) is 6.92 Å². The van der Waals surface area contributed by atoms with Crippen molar-refractivity contribution >= 4 is 17.6 Å². The molecule has 0 bridgehead atoms. The van der Waals surface area contributed by atoms with Gasteiger partial charge in [0.15, 0.2) is 0 Å². The number of carboxylic acid groups (broad SMARTS) is 1. The van der Waals surface area contributed by atoms with Gasteiger partial charge in [-0.2, -0.15) is 0 Å². The molecule has 58 valence electrons. The number of aromatic nitrogens is 1. The van der Waals surface area contributed by atoms with Crippen LogP contribution >= 0.6 is 11.6 Å². The van der Waals surface area contributed by atoms with E-state index in [-0.39, 0.29) is 10.6 Å². The quantitative estimate of drug-likeness (QED) is 0.700. The summed E-state index contributed by atoms with van der Waals surface area (Å²) in [4.78, 5) is 14.3. The molecule has 0 aliphatic rings. The SMILES string of the molecule is Cc1cncc(Cl)c1C(=O)O. The summed E-state index contributed by atoms with van der Waals surface area (Å²) in [6.07, 6.45) is 2.79. The Hall–Kier alpha value is -1.09. The predicted octanol–water partition coefficient (Wildman–Crippen LogP) is 1.74. The van der Waals surface area contributed by atoms with E-state index >= 15 is 0 Å². The van der Waals surface area contributed by atoms with Crippen LogP contribution in [0.3, 0.4) is 0 Å². The first kappa shape index (κ1) is 8.01. The van der Waals surface area contributed by atoms with Crippen LogP contribution in [0.1, 0.15) is 15.9 Å². The van der Waals surface area contributed by atoms with Crippen LogP contribution in [-0.2, 0) is 0 Å². The average Bonchev–Trinajstić information content (AvgIpc) is 1.85. The molecule has 1 heterocycles. The van der Waals surface area contributed by atoms with Gasteiger partial charge in [-0.1, -0.05) is 11.6 Å². The number of halogens is 1. The van der Waals surface area contributed by atoms with E-state index in [0.29, 0.717) is 5.56 Å². The highest BCUT2D eigenvalue weighted by molar-refractivity contribution is 6.33. The van der Waals surface area contributed by atoms with Crippen molar-refractivity contribution in [2.24, 2.45) is 0 Å². The van der Waals surface area contributed by atoms with Gasteiger partial charge >= 0.3 is 5.97 Å². The molecule has 0 unspecified atom stereocenters. The minimum atomic E-state index is -1.02. The predicted molar refractivity (Wildman–Crippen MR) is 40.9 cm³/mol. The van der Waals surface area contributed by atoms with Crippen molar-refractivity contribution in [1.29, 1.82) is 0 Å². The first-order chi connectivity index (χ1) is 5.13. The van der Waals surface area contributed by atoms with Gasteiger partial charge in [0.05, 0.1) is 10.6 Å². The topological polar surface area (TPSA) is 50.2 Å². The van der Waals surface area contributed by atoms with Crippen molar-refractivity contribution in [3.05, 3.63) is 28.5 Å². The number of hydrogen-bond acceptors (Lipinski definition) is 2. The van der Waals surface area contributed by atoms with Gasteiger partial charge < -0.3 is 5.11 Å². The molecule has 0 radical (unpaired) electrons. The monoisotopic (exact) mass is 171 g/mol. The minimum absolute atomic E-state index is 0.127. The normalized spacial score (nSPS) is 9.64. The lowest BCUT2D eigenvalue weighted by Crippen LogP contribution is -2.01. The fourth-order valence-electron chi connectivity index (χ4n) is 0.803. The highest BCUT2D eigenvalue weighted by Gasteiger charge is 2.10. The summed E-state index contributed by atoms with van der Waals surface area (Å²) in [5.74, 6) is -1.02. The molecule has 0 aromatic carbocycles. The molecular formula is C7H6ClNO2. The van der Waals surface area contributed by atoms with E-state index in [1.54, 1.807) is 6.92 Å². The molecule has 0 spiro atoms. The summed E-state index contributed by atoms with van der Waals surface area (Å²) in [6.45, 7) is 1.66. The van der Waals surface area contributed by atoms with Gasteiger partial charge in [-0.25, -0.2) is 4.79 Å². The second kappa shape index (κ2) is 2.88. The number of aryl methyl sites for hydroxylation is 1. The maximum atomic E-state index is 10.5. The molecule has 0 aliphatic carbocycles. The van der Waals surface area contributed by atoms with E-state index in [1.807, 2.05) is 0 Å². The number of carboxylic acids is 1. The lowest BCUT2D eigenvalue weighted by molar-refractivity contribution is 0.0696. The molecule has 1 N–H and O–H groups in total. The molecule has 0 atom stereocenters. The molecular weight excluding hydrogens is 166 g/mol. The number of pyridine rings is 1. The Labute approximate surface area is 68.6 Å². The summed E-state index contributed by atoms with van der Waals surface area (Å²) in [7, 11) is 0. The van der Waals surface area contributed by atoms with E-state index in [4.69, 9.17) is 16.7 Å². The summed E-state index contributed by atoms with van der Waals surface area (Å²) in [6, 6.07) is 0. The van der Waals surface area contributed by atoms with Crippen LogP contribution in [0, 0.1) is 6.92 Å². The van der Waals surface area contributed by atoms with E-state index in [0.717, 1.165) is 0 Å². The van der Waals surface area contributed by atoms with Gasteiger partial charge in [0.1, 0.15) is 0 Å². The van der Waals surface area contributed by atoms with Crippen molar-refractivity contribution in [1.82, 2.24) is 4.98 Å². The van der Waals surface area contributed by atoms with E-state index in [1.165, 1.54) is 12.4 Å². The maximum Gasteiger partial charge on any atom is 0.337 e. The Morgan fingerprint density at radius 3 is 2.64 bits per heavy atom. The fourth-order valence-corrected chi connectivity index (χ4v) is 1.09.